The number of hydrogen-bond donors (Lipinski definition) is 2. The third kappa shape index (κ3) is 2.05. The lowest BCUT2D eigenvalue weighted by Gasteiger charge is -2.24. The third-order valence-electron chi connectivity index (χ3n) is 5.49. The number of benzene rings is 1. The fraction of sp³-hybridized carbons (Fsp3) is 0.350. The number of ether oxygens (including phenoxy) is 2. The van der Waals surface area contributed by atoms with Crippen LogP contribution in [0.15, 0.2) is 47.7 Å². The normalized spacial score (nSPS) is 29.0. The molecular weight excluding hydrogens is 328 g/mol. The molecular formula is C20H22N4O2. The van der Waals surface area contributed by atoms with E-state index in [0.29, 0.717) is 0 Å². The van der Waals surface area contributed by atoms with Gasteiger partial charge in [0.05, 0.1) is 12.0 Å². The predicted molar refractivity (Wildman–Crippen MR) is 101 cm³/mol. The average Bonchev–Trinajstić information content (AvgIpc) is 3.00. The van der Waals surface area contributed by atoms with Crippen molar-refractivity contribution in [3.8, 4) is 11.5 Å². The first kappa shape index (κ1) is 15.5. The zero-order chi connectivity index (χ0) is 17.7. The van der Waals surface area contributed by atoms with Crippen LogP contribution in [0.4, 0.5) is 5.69 Å². The van der Waals surface area contributed by atoms with Gasteiger partial charge in [0, 0.05) is 36.1 Å². The van der Waals surface area contributed by atoms with Gasteiger partial charge in [-0.25, -0.2) is 0 Å². The summed E-state index contributed by atoms with van der Waals surface area (Å²) in [6.45, 7) is 5.42. The van der Waals surface area contributed by atoms with E-state index in [9.17, 15) is 0 Å². The fourth-order valence-corrected chi connectivity index (χ4v) is 4.38. The summed E-state index contributed by atoms with van der Waals surface area (Å²) in [6.07, 6.45) is 7.87. The van der Waals surface area contributed by atoms with Crippen LogP contribution >= 0.6 is 0 Å². The van der Waals surface area contributed by atoms with Crippen LogP contribution < -0.4 is 20.1 Å². The van der Waals surface area contributed by atoms with Gasteiger partial charge in [0.1, 0.15) is 5.66 Å². The van der Waals surface area contributed by atoms with Crippen LogP contribution in [0.2, 0.25) is 0 Å². The number of aliphatic imine (C=N–C) groups is 1. The number of aryl methyl sites for hydroxylation is 1. The van der Waals surface area contributed by atoms with Gasteiger partial charge >= 0.3 is 0 Å². The Labute approximate surface area is 152 Å². The summed E-state index contributed by atoms with van der Waals surface area (Å²) in [5.41, 5.74) is 3.18. The minimum Gasteiger partial charge on any atom is -0.454 e. The second kappa shape index (κ2) is 5.64. The molecule has 3 atom stereocenters. The first-order chi connectivity index (χ1) is 12.8. The van der Waals surface area contributed by atoms with E-state index in [-0.39, 0.29) is 24.4 Å². The second-order valence-corrected chi connectivity index (χ2v) is 6.89. The molecule has 0 amide bonds. The fourth-order valence-electron chi connectivity index (χ4n) is 4.38. The van der Waals surface area contributed by atoms with Crippen LogP contribution in [0.3, 0.4) is 0 Å². The summed E-state index contributed by atoms with van der Waals surface area (Å²) >= 11 is 0. The summed E-state index contributed by atoms with van der Waals surface area (Å²) in [5.74, 6) is 1.79. The molecule has 0 saturated heterocycles. The Morgan fingerprint density at radius 2 is 2.19 bits per heavy atom. The number of nitrogens with zero attached hydrogens (tertiary/aromatic N) is 2. The van der Waals surface area contributed by atoms with Gasteiger partial charge in [-0.05, 0) is 43.3 Å². The van der Waals surface area contributed by atoms with Gasteiger partial charge in [-0.3, -0.25) is 10.3 Å². The number of allylic oxidation sites excluding steroid dienone is 1. The van der Waals surface area contributed by atoms with Crippen molar-refractivity contribution in [2.75, 3.05) is 18.7 Å². The van der Waals surface area contributed by atoms with Crippen molar-refractivity contribution in [2.45, 2.75) is 31.5 Å². The maximum Gasteiger partial charge on any atom is 0.231 e. The zero-order valence-corrected chi connectivity index (χ0v) is 14.9. The van der Waals surface area contributed by atoms with E-state index >= 15 is 0 Å². The Morgan fingerprint density at radius 3 is 2.96 bits per heavy atom. The Hall–Kier alpha value is -2.73. The highest BCUT2D eigenvalue weighted by atomic mass is 16.7. The highest BCUT2D eigenvalue weighted by molar-refractivity contribution is 5.75. The van der Waals surface area contributed by atoms with E-state index in [1.807, 2.05) is 24.6 Å². The molecule has 26 heavy (non-hydrogen) atoms. The zero-order valence-electron chi connectivity index (χ0n) is 14.9. The molecule has 134 valence electrons. The molecule has 2 aromatic rings. The summed E-state index contributed by atoms with van der Waals surface area (Å²) in [5, 5.41) is 7.12. The first-order valence-electron chi connectivity index (χ1n) is 9.03. The number of nitrogens with one attached hydrogen (secondary N) is 2. The van der Waals surface area contributed by atoms with Crippen LogP contribution in [0.25, 0.3) is 0 Å². The van der Waals surface area contributed by atoms with Crippen LogP contribution in [-0.4, -0.2) is 30.2 Å². The lowest BCUT2D eigenvalue weighted by atomic mass is 10.0. The largest absolute Gasteiger partial charge is 0.454 e. The second-order valence-electron chi connectivity index (χ2n) is 6.89. The molecule has 1 saturated carbocycles. The van der Waals surface area contributed by atoms with Gasteiger partial charge in [0.25, 0.3) is 0 Å². The van der Waals surface area contributed by atoms with Crippen LogP contribution in [0.1, 0.15) is 24.1 Å². The average molecular weight is 350 g/mol. The van der Waals surface area contributed by atoms with Crippen molar-refractivity contribution >= 4 is 11.9 Å². The molecule has 3 heterocycles. The molecule has 2 N–H and O–H groups in total. The van der Waals surface area contributed by atoms with Gasteiger partial charge in [-0.1, -0.05) is 6.92 Å². The molecule has 1 fully saturated rings. The van der Waals surface area contributed by atoms with Gasteiger partial charge < -0.3 is 19.4 Å². The maximum absolute atomic E-state index is 5.64. The lowest BCUT2D eigenvalue weighted by Crippen LogP contribution is -2.39. The Bertz CT molecular complexity index is 917. The van der Waals surface area contributed by atoms with Crippen molar-refractivity contribution in [1.29, 1.82) is 0 Å². The third-order valence-corrected chi connectivity index (χ3v) is 5.49. The monoisotopic (exact) mass is 350 g/mol. The van der Waals surface area contributed by atoms with E-state index in [0.717, 1.165) is 23.7 Å². The maximum atomic E-state index is 5.64. The SMILES string of the molecule is CCNC1(n2cccc2C)C2N=C/C=C\Nc3cc4c(cc3C21)OCO4. The standard InChI is InChI=1S/C20H22N4O2/c1-3-23-20(24-9-4-6-13(24)2)18-14-10-16-17(26-12-25-16)11-15(14)21-7-5-8-22-19(18)20/h4-11,18-19,21,23H,3,12H2,1-2H3/b7-5-,22-8?. The Morgan fingerprint density at radius 1 is 1.35 bits per heavy atom. The highest BCUT2D eigenvalue weighted by Crippen LogP contribution is 2.60. The van der Waals surface area contributed by atoms with Crippen molar-refractivity contribution in [3.63, 3.8) is 0 Å². The van der Waals surface area contributed by atoms with Gasteiger partial charge in [-0.2, -0.15) is 0 Å². The summed E-state index contributed by atoms with van der Waals surface area (Å²) in [4.78, 5) is 4.87. The number of anilines is 1. The smallest absolute Gasteiger partial charge is 0.231 e. The van der Waals surface area contributed by atoms with E-state index in [2.05, 4.69) is 53.4 Å². The van der Waals surface area contributed by atoms with Gasteiger partial charge in [0.2, 0.25) is 6.79 Å². The highest BCUT2D eigenvalue weighted by Gasteiger charge is 2.68. The molecule has 0 spiro atoms. The topological polar surface area (TPSA) is 59.8 Å². The number of fused-ring (bicyclic) bond motifs is 4. The minimum absolute atomic E-state index is 0.109. The molecule has 5 rings (SSSR count). The summed E-state index contributed by atoms with van der Waals surface area (Å²) in [7, 11) is 0. The predicted octanol–water partition coefficient (Wildman–Crippen LogP) is 2.96. The van der Waals surface area contributed by atoms with Crippen LogP contribution in [0, 0.1) is 6.92 Å². The Balaban J connectivity index is 1.70. The van der Waals surface area contributed by atoms with Gasteiger partial charge in [-0.15, -0.1) is 0 Å². The van der Waals surface area contributed by atoms with Crippen LogP contribution in [0.5, 0.6) is 11.5 Å². The molecule has 1 aliphatic carbocycles. The molecule has 0 bridgehead atoms. The van der Waals surface area contributed by atoms with Gasteiger partial charge in [0.15, 0.2) is 11.5 Å². The lowest BCUT2D eigenvalue weighted by molar-refractivity contribution is 0.174. The quantitative estimate of drug-likeness (QED) is 0.893. The van der Waals surface area contributed by atoms with E-state index in [1.165, 1.54) is 11.3 Å². The summed E-state index contributed by atoms with van der Waals surface area (Å²) < 4.78 is 13.5. The Kier molecular flexibility index (Phi) is 3.37. The van der Waals surface area contributed by atoms with E-state index in [1.54, 1.807) is 0 Å². The molecule has 3 aliphatic rings. The number of aromatic nitrogens is 1. The van der Waals surface area contributed by atoms with E-state index in [4.69, 9.17) is 14.5 Å². The molecule has 0 radical (unpaired) electrons. The summed E-state index contributed by atoms with van der Waals surface area (Å²) in [6, 6.07) is 8.48. The number of hydrogen-bond acceptors (Lipinski definition) is 5. The number of likely N-dealkylation sites (N-methyl/N-ethyl adjacent to an activating group) is 1. The van der Waals surface area contributed by atoms with E-state index < -0.39 is 0 Å². The molecule has 6 nitrogen and oxygen atoms in total. The van der Waals surface area contributed by atoms with Crippen molar-refractivity contribution < 1.29 is 9.47 Å². The first-order valence-corrected chi connectivity index (χ1v) is 9.03. The molecule has 2 aliphatic heterocycles. The number of rotatable bonds is 3. The molecule has 1 aromatic carbocycles. The molecule has 3 unspecified atom stereocenters. The van der Waals surface area contributed by atoms with Crippen molar-refractivity contribution in [2.24, 2.45) is 4.99 Å². The van der Waals surface area contributed by atoms with Crippen molar-refractivity contribution in [1.82, 2.24) is 9.88 Å². The molecule has 6 heteroatoms. The minimum atomic E-state index is -0.270. The van der Waals surface area contributed by atoms with Crippen LogP contribution in [-0.2, 0) is 5.66 Å². The van der Waals surface area contributed by atoms with Crippen molar-refractivity contribution in [3.05, 3.63) is 54.0 Å². The molecule has 1 aromatic heterocycles.